The molecule has 1 rings (SSSR count). The number of nitrogens with two attached hydrogens (primary N) is 1. The van der Waals surface area contributed by atoms with Gasteiger partial charge in [-0.3, -0.25) is 4.79 Å². The van der Waals surface area contributed by atoms with Crippen LogP contribution in [0.3, 0.4) is 0 Å². The number of carbonyl (C=O) groups is 1. The number of hydrogen-bond acceptors (Lipinski definition) is 3. The van der Waals surface area contributed by atoms with E-state index in [0.717, 1.165) is 11.3 Å². The number of amides is 1. The lowest BCUT2D eigenvalue weighted by Gasteiger charge is -2.28. The van der Waals surface area contributed by atoms with Crippen LogP contribution in [-0.4, -0.2) is 29.6 Å². The Hall–Kier alpha value is -1.32. The summed E-state index contributed by atoms with van der Waals surface area (Å²) in [7, 11) is 0. The molecule has 1 heterocycles. The SMILES string of the molecule is CC(=N)C1=C(N)CCN(C(C)=O)C1. The Labute approximate surface area is 77.9 Å². The van der Waals surface area contributed by atoms with Crippen molar-refractivity contribution in [3.05, 3.63) is 11.3 Å². The lowest BCUT2D eigenvalue weighted by atomic mass is 10.0. The summed E-state index contributed by atoms with van der Waals surface area (Å²) in [5, 5.41) is 7.47. The lowest BCUT2D eigenvalue weighted by Crippen LogP contribution is -2.38. The van der Waals surface area contributed by atoms with Crippen molar-refractivity contribution >= 4 is 11.6 Å². The number of nitrogens with one attached hydrogen (secondary N) is 1. The monoisotopic (exact) mass is 181 g/mol. The van der Waals surface area contributed by atoms with Gasteiger partial charge in [-0.15, -0.1) is 0 Å². The van der Waals surface area contributed by atoms with Crippen molar-refractivity contribution in [2.45, 2.75) is 20.3 Å². The van der Waals surface area contributed by atoms with Crippen LogP contribution in [0, 0.1) is 5.41 Å². The Balaban J connectivity index is 2.82. The molecule has 0 fully saturated rings. The van der Waals surface area contributed by atoms with Gasteiger partial charge in [0.15, 0.2) is 0 Å². The molecule has 0 bridgehead atoms. The standard InChI is InChI=1S/C9H15N3O/c1-6(10)8-5-12(7(2)13)4-3-9(8)11/h10H,3-5,11H2,1-2H3. The maximum atomic E-state index is 11.1. The first kappa shape index (κ1) is 9.77. The van der Waals surface area contributed by atoms with E-state index in [1.165, 1.54) is 0 Å². The number of rotatable bonds is 1. The molecule has 13 heavy (non-hydrogen) atoms. The minimum Gasteiger partial charge on any atom is -0.402 e. The molecule has 0 saturated carbocycles. The van der Waals surface area contributed by atoms with E-state index in [0.29, 0.717) is 25.2 Å². The lowest BCUT2D eigenvalue weighted by molar-refractivity contribution is -0.128. The van der Waals surface area contributed by atoms with Gasteiger partial charge < -0.3 is 16.0 Å². The molecular weight excluding hydrogens is 166 g/mol. The predicted octanol–water partition coefficient (Wildman–Crippen LogP) is 0.491. The fourth-order valence-corrected chi connectivity index (χ4v) is 1.41. The average molecular weight is 181 g/mol. The van der Waals surface area contributed by atoms with E-state index in [1.54, 1.807) is 18.7 Å². The summed E-state index contributed by atoms with van der Waals surface area (Å²) in [6.45, 7) is 4.42. The van der Waals surface area contributed by atoms with Crippen LogP contribution in [0.25, 0.3) is 0 Å². The number of carbonyl (C=O) groups excluding carboxylic acids is 1. The molecule has 72 valence electrons. The number of nitrogens with zero attached hydrogens (tertiary/aromatic N) is 1. The van der Waals surface area contributed by atoms with Gasteiger partial charge in [0.25, 0.3) is 0 Å². The molecule has 0 aromatic heterocycles. The fourth-order valence-electron chi connectivity index (χ4n) is 1.41. The Bertz CT molecular complexity index is 281. The van der Waals surface area contributed by atoms with Crippen LogP contribution in [-0.2, 0) is 4.79 Å². The fraction of sp³-hybridized carbons (Fsp3) is 0.556. The number of hydrogen-bond donors (Lipinski definition) is 2. The van der Waals surface area contributed by atoms with Crippen LogP contribution < -0.4 is 5.73 Å². The third-order valence-corrected chi connectivity index (χ3v) is 2.29. The van der Waals surface area contributed by atoms with E-state index in [-0.39, 0.29) is 5.91 Å². The van der Waals surface area contributed by atoms with Crippen LogP contribution >= 0.6 is 0 Å². The van der Waals surface area contributed by atoms with Crippen LogP contribution in [0.2, 0.25) is 0 Å². The highest BCUT2D eigenvalue weighted by Gasteiger charge is 2.19. The second kappa shape index (κ2) is 3.60. The molecule has 3 N–H and O–H groups in total. The Morgan fingerprint density at radius 3 is 2.62 bits per heavy atom. The van der Waals surface area contributed by atoms with E-state index in [4.69, 9.17) is 11.1 Å². The smallest absolute Gasteiger partial charge is 0.219 e. The molecule has 1 amide bonds. The molecule has 4 heteroatoms. The zero-order chi connectivity index (χ0) is 10.0. The summed E-state index contributed by atoms with van der Waals surface area (Å²) >= 11 is 0. The van der Waals surface area contributed by atoms with Crippen molar-refractivity contribution in [2.24, 2.45) is 5.73 Å². The third-order valence-electron chi connectivity index (χ3n) is 2.29. The molecular formula is C9H15N3O. The van der Waals surface area contributed by atoms with Crippen molar-refractivity contribution in [3.63, 3.8) is 0 Å². The highest BCUT2D eigenvalue weighted by Crippen LogP contribution is 2.14. The Kier molecular flexibility index (Phi) is 2.70. The van der Waals surface area contributed by atoms with Gasteiger partial charge in [0.2, 0.25) is 5.91 Å². The predicted molar refractivity (Wildman–Crippen MR) is 51.5 cm³/mol. The van der Waals surface area contributed by atoms with Crippen LogP contribution in [0.4, 0.5) is 0 Å². The van der Waals surface area contributed by atoms with Gasteiger partial charge in [0.05, 0.1) is 0 Å². The van der Waals surface area contributed by atoms with E-state index >= 15 is 0 Å². The third kappa shape index (κ3) is 2.08. The largest absolute Gasteiger partial charge is 0.402 e. The zero-order valence-electron chi connectivity index (χ0n) is 8.05. The van der Waals surface area contributed by atoms with Crippen LogP contribution in [0.15, 0.2) is 11.3 Å². The molecule has 0 radical (unpaired) electrons. The van der Waals surface area contributed by atoms with Crippen molar-refractivity contribution in [3.8, 4) is 0 Å². The summed E-state index contributed by atoms with van der Waals surface area (Å²) < 4.78 is 0. The maximum Gasteiger partial charge on any atom is 0.219 e. The van der Waals surface area contributed by atoms with Gasteiger partial charge in [-0.05, 0) is 6.92 Å². The second-order valence-electron chi connectivity index (χ2n) is 3.32. The molecule has 0 aromatic carbocycles. The van der Waals surface area contributed by atoms with Gasteiger partial charge in [-0.25, -0.2) is 0 Å². The van der Waals surface area contributed by atoms with Crippen molar-refractivity contribution in [2.75, 3.05) is 13.1 Å². The van der Waals surface area contributed by atoms with E-state index < -0.39 is 0 Å². The molecule has 0 unspecified atom stereocenters. The van der Waals surface area contributed by atoms with Gasteiger partial charge >= 0.3 is 0 Å². The minimum absolute atomic E-state index is 0.0475. The van der Waals surface area contributed by atoms with Crippen molar-refractivity contribution < 1.29 is 4.79 Å². The molecule has 4 nitrogen and oxygen atoms in total. The highest BCUT2D eigenvalue weighted by atomic mass is 16.2. The molecule has 0 atom stereocenters. The van der Waals surface area contributed by atoms with Crippen LogP contribution in [0.5, 0.6) is 0 Å². The summed E-state index contributed by atoms with van der Waals surface area (Å²) in [6, 6.07) is 0. The first-order valence-electron chi connectivity index (χ1n) is 4.31. The van der Waals surface area contributed by atoms with Crippen LogP contribution in [0.1, 0.15) is 20.3 Å². The highest BCUT2D eigenvalue weighted by molar-refractivity contribution is 5.97. The van der Waals surface area contributed by atoms with Crippen molar-refractivity contribution in [1.82, 2.24) is 4.90 Å². The quantitative estimate of drug-likeness (QED) is 0.578. The molecule has 1 aliphatic heterocycles. The van der Waals surface area contributed by atoms with Crippen molar-refractivity contribution in [1.29, 1.82) is 5.41 Å². The summed E-state index contributed by atoms with van der Waals surface area (Å²) in [4.78, 5) is 12.8. The van der Waals surface area contributed by atoms with Gasteiger partial charge in [0, 0.05) is 43.4 Å². The molecule has 0 spiro atoms. The average Bonchev–Trinajstić information content (AvgIpc) is 2.04. The van der Waals surface area contributed by atoms with Gasteiger partial charge in [-0.1, -0.05) is 0 Å². The van der Waals surface area contributed by atoms with Gasteiger partial charge in [-0.2, -0.15) is 0 Å². The molecule has 0 aliphatic carbocycles. The van der Waals surface area contributed by atoms with E-state index in [9.17, 15) is 4.79 Å². The summed E-state index contributed by atoms with van der Waals surface area (Å²) in [5.41, 5.74) is 7.77. The summed E-state index contributed by atoms with van der Waals surface area (Å²) in [6.07, 6.45) is 0.686. The van der Waals surface area contributed by atoms with E-state index in [1.807, 2.05) is 0 Å². The molecule has 1 aliphatic rings. The Morgan fingerprint density at radius 1 is 1.54 bits per heavy atom. The second-order valence-corrected chi connectivity index (χ2v) is 3.32. The topological polar surface area (TPSA) is 70.2 Å². The van der Waals surface area contributed by atoms with Gasteiger partial charge in [0.1, 0.15) is 0 Å². The molecule has 0 aromatic rings. The maximum absolute atomic E-state index is 11.1. The Morgan fingerprint density at radius 2 is 2.15 bits per heavy atom. The van der Waals surface area contributed by atoms with E-state index in [2.05, 4.69) is 0 Å². The first-order chi connectivity index (χ1) is 6.02. The summed E-state index contributed by atoms with van der Waals surface area (Å²) in [5.74, 6) is 0.0475. The molecule has 0 saturated heterocycles. The zero-order valence-corrected chi connectivity index (χ0v) is 8.05. The normalized spacial score (nSPS) is 17.5. The minimum atomic E-state index is 0.0475. The first-order valence-corrected chi connectivity index (χ1v) is 4.31.